The number of thiazole rings is 1. The SMILES string of the molecule is Cc1cnc(CNC2=NCC(C)(C)CS2)s1. The third kappa shape index (κ3) is 3.22. The Labute approximate surface area is 105 Å². The third-order valence-electron chi connectivity index (χ3n) is 2.31. The Hall–Kier alpha value is -0.550. The van der Waals surface area contributed by atoms with Crippen molar-refractivity contribution in [3.8, 4) is 0 Å². The van der Waals surface area contributed by atoms with Crippen LogP contribution in [0.2, 0.25) is 0 Å². The molecule has 1 aliphatic rings. The molecule has 1 N–H and O–H groups in total. The number of thioether (sulfide) groups is 1. The van der Waals surface area contributed by atoms with Gasteiger partial charge in [-0.25, -0.2) is 4.98 Å². The number of amidine groups is 1. The molecule has 0 aliphatic carbocycles. The summed E-state index contributed by atoms with van der Waals surface area (Å²) in [5.74, 6) is 1.13. The lowest BCUT2D eigenvalue weighted by Gasteiger charge is -2.27. The van der Waals surface area contributed by atoms with E-state index in [9.17, 15) is 0 Å². The van der Waals surface area contributed by atoms with Crippen LogP contribution in [0, 0.1) is 12.3 Å². The Balaban J connectivity index is 1.85. The van der Waals surface area contributed by atoms with Crippen LogP contribution in [0.1, 0.15) is 23.7 Å². The largest absolute Gasteiger partial charge is 0.358 e. The van der Waals surface area contributed by atoms with E-state index in [1.54, 1.807) is 11.3 Å². The van der Waals surface area contributed by atoms with E-state index in [4.69, 9.17) is 0 Å². The summed E-state index contributed by atoms with van der Waals surface area (Å²) in [4.78, 5) is 10.1. The van der Waals surface area contributed by atoms with Crippen molar-refractivity contribution in [2.75, 3.05) is 12.3 Å². The molecule has 1 aliphatic heterocycles. The van der Waals surface area contributed by atoms with Gasteiger partial charge in [0.05, 0.1) is 6.54 Å². The summed E-state index contributed by atoms with van der Waals surface area (Å²) in [6, 6.07) is 0. The van der Waals surface area contributed by atoms with E-state index in [0.717, 1.165) is 29.0 Å². The minimum Gasteiger partial charge on any atom is -0.358 e. The molecular weight excluding hydrogens is 238 g/mol. The smallest absolute Gasteiger partial charge is 0.156 e. The highest BCUT2D eigenvalue weighted by Crippen LogP contribution is 2.27. The van der Waals surface area contributed by atoms with Crippen molar-refractivity contribution in [2.45, 2.75) is 27.3 Å². The number of hydrogen-bond donors (Lipinski definition) is 1. The van der Waals surface area contributed by atoms with E-state index >= 15 is 0 Å². The highest BCUT2D eigenvalue weighted by molar-refractivity contribution is 8.13. The van der Waals surface area contributed by atoms with E-state index in [0.29, 0.717) is 5.41 Å². The molecule has 1 aromatic rings. The van der Waals surface area contributed by atoms with Crippen LogP contribution in [0.15, 0.2) is 11.2 Å². The Morgan fingerprint density at radius 1 is 1.50 bits per heavy atom. The van der Waals surface area contributed by atoms with Crippen LogP contribution in [-0.2, 0) is 6.54 Å². The summed E-state index contributed by atoms with van der Waals surface area (Å²) >= 11 is 3.55. The second-order valence-electron chi connectivity index (χ2n) is 4.79. The number of aryl methyl sites for hydroxylation is 1. The molecule has 16 heavy (non-hydrogen) atoms. The van der Waals surface area contributed by atoms with Crippen molar-refractivity contribution in [1.82, 2.24) is 10.3 Å². The first kappa shape index (κ1) is 11.9. The summed E-state index contributed by atoms with van der Waals surface area (Å²) < 4.78 is 0. The van der Waals surface area contributed by atoms with Crippen LogP contribution in [0.25, 0.3) is 0 Å². The highest BCUT2D eigenvalue weighted by atomic mass is 32.2. The lowest BCUT2D eigenvalue weighted by Crippen LogP contribution is -2.30. The fraction of sp³-hybridized carbons (Fsp3) is 0.636. The lowest BCUT2D eigenvalue weighted by molar-refractivity contribution is 0.436. The van der Waals surface area contributed by atoms with Gasteiger partial charge in [-0.3, -0.25) is 4.99 Å². The van der Waals surface area contributed by atoms with Crippen LogP contribution >= 0.6 is 23.1 Å². The third-order valence-corrected chi connectivity index (χ3v) is 4.70. The van der Waals surface area contributed by atoms with Gasteiger partial charge in [0.1, 0.15) is 5.01 Å². The predicted molar refractivity (Wildman–Crippen MR) is 72.2 cm³/mol. The molecule has 2 heterocycles. The average Bonchev–Trinajstić information content (AvgIpc) is 2.63. The van der Waals surface area contributed by atoms with Gasteiger partial charge in [-0.05, 0) is 12.3 Å². The standard InChI is InChI=1S/C11H17N3S2/c1-8-4-12-9(16-8)5-13-10-14-6-11(2,3)7-15-10/h4H,5-7H2,1-3H3,(H,13,14). The Kier molecular flexibility index (Phi) is 3.54. The lowest BCUT2D eigenvalue weighted by atomic mass is 9.97. The van der Waals surface area contributed by atoms with Crippen LogP contribution in [0.5, 0.6) is 0 Å². The van der Waals surface area contributed by atoms with Crippen LogP contribution < -0.4 is 5.32 Å². The van der Waals surface area contributed by atoms with E-state index in [2.05, 4.69) is 36.1 Å². The molecular formula is C11H17N3S2. The zero-order chi connectivity index (χ0) is 11.6. The first-order valence-electron chi connectivity index (χ1n) is 5.38. The number of rotatable bonds is 2. The molecule has 5 heteroatoms. The fourth-order valence-electron chi connectivity index (χ4n) is 1.38. The number of nitrogens with one attached hydrogen (secondary N) is 1. The Morgan fingerprint density at radius 3 is 2.88 bits per heavy atom. The summed E-state index contributed by atoms with van der Waals surface area (Å²) in [6.45, 7) is 8.30. The van der Waals surface area contributed by atoms with Crippen molar-refractivity contribution in [1.29, 1.82) is 0 Å². The van der Waals surface area contributed by atoms with Gasteiger partial charge < -0.3 is 5.32 Å². The van der Waals surface area contributed by atoms with Gasteiger partial charge in [-0.2, -0.15) is 0 Å². The maximum absolute atomic E-state index is 4.55. The molecule has 0 spiro atoms. The zero-order valence-electron chi connectivity index (χ0n) is 9.91. The summed E-state index contributed by atoms with van der Waals surface area (Å²) in [6.07, 6.45) is 1.92. The molecule has 0 atom stereocenters. The molecule has 3 nitrogen and oxygen atoms in total. The van der Waals surface area contributed by atoms with E-state index in [1.807, 2.05) is 18.0 Å². The number of nitrogens with zero attached hydrogens (tertiary/aromatic N) is 2. The number of aliphatic imine (C=N–C) groups is 1. The number of hydrogen-bond acceptors (Lipinski definition) is 5. The van der Waals surface area contributed by atoms with Gasteiger partial charge in [-0.1, -0.05) is 25.6 Å². The van der Waals surface area contributed by atoms with Crippen LogP contribution in [0.3, 0.4) is 0 Å². The van der Waals surface area contributed by atoms with Gasteiger partial charge in [-0.15, -0.1) is 11.3 Å². The Morgan fingerprint density at radius 2 is 2.31 bits per heavy atom. The van der Waals surface area contributed by atoms with E-state index in [1.165, 1.54) is 4.88 Å². The topological polar surface area (TPSA) is 37.3 Å². The van der Waals surface area contributed by atoms with Gasteiger partial charge in [0.25, 0.3) is 0 Å². The summed E-state index contributed by atoms with van der Waals surface area (Å²) in [7, 11) is 0. The van der Waals surface area contributed by atoms with Crippen molar-refractivity contribution >= 4 is 28.3 Å². The van der Waals surface area contributed by atoms with Crippen molar-refractivity contribution in [3.05, 3.63) is 16.1 Å². The minimum atomic E-state index is 0.341. The molecule has 88 valence electrons. The van der Waals surface area contributed by atoms with Crippen molar-refractivity contribution < 1.29 is 0 Å². The van der Waals surface area contributed by atoms with Crippen LogP contribution in [-0.4, -0.2) is 22.4 Å². The van der Waals surface area contributed by atoms with Crippen molar-refractivity contribution in [2.24, 2.45) is 10.4 Å². The van der Waals surface area contributed by atoms with Gasteiger partial charge >= 0.3 is 0 Å². The van der Waals surface area contributed by atoms with Crippen LogP contribution in [0.4, 0.5) is 0 Å². The molecule has 0 saturated carbocycles. The maximum Gasteiger partial charge on any atom is 0.156 e. The second-order valence-corrected chi connectivity index (χ2v) is 7.08. The first-order valence-corrected chi connectivity index (χ1v) is 7.18. The molecule has 0 bridgehead atoms. The molecule has 0 aromatic carbocycles. The van der Waals surface area contributed by atoms with E-state index < -0.39 is 0 Å². The molecule has 0 amide bonds. The zero-order valence-corrected chi connectivity index (χ0v) is 11.5. The first-order chi connectivity index (χ1) is 7.55. The summed E-state index contributed by atoms with van der Waals surface area (Å²) in [5, 5.41) is 5.54. The number of aromatic nitrogens is 1. The second kappa shape index (κ2) is 4.75. The summed E-state index contributed by atoms with van der Waals surface area (Å²) in [5.41, 5.74) is 0.341. The fourth-order valence-corrected chi connectivity index (χ4v) is 3.06. The molecule has 0 unspecified atom stereocenters. The quantitative estimate of drug-likeness (QED) is 0.883. The normalized spacial score (nSPS) is 19.3. The van der Waals surface area contributed by atoms with Gasteiger partial charge in [0, 0.05) is 23.4 Å². The molecule has 2 rings (SSSR count). The Bertz CT molecular complexity index is 396. The van der Waals surface area contributed by atoms with Gasteiger partial charge in [0.2, 0.25) is 0 Å². The average molecular weight is 255 g/mol. The maximum atomic E-state index is 4.55. The highest BCUT2D eigenvalue weighted by Gasteiger charge is 2.23. The monoisotopic (exact) mass is 255 g/mol. The van der Waals surface area contributed by atoms with Crippen molar-refractivity contribution in [3.63, 3.8) is 0 Å². The molecule has 0 fully saturated rings. The predicted octanol–water partition coefficient (Wildman–Crippen LogP) is 2.67. The molecule has 0 radical (unpaired) electrons. The molecule has 0 saturated heterocycles. The molecule has 1 aromatic heterocycles. The van der Waals surface area contributed by atoms with E-state index in [-0.39, 0.29) is 0 Å². The minimum absolute atomic E-state index is 0.341. The van der Waals surface area contributed by atoms with Gasteiger partial charge in [0.15, 0.2) is 5.17 Å².